The van der Waals surface area contributed by atoms with Crippen LogP contribution >= 0.6 is 11.8 Å². The van der Waals surface area contributed by atoms with Gasteiger partial charge in [-0.15, -0.1) is 0 Å². The fourth-order valence-electron chi connectivity index (χ4n) is 3.91. The molecule has 0 unspecified atom stereocenters. The largest absolute Gasteiger partial charge is 0.354 e. The van der Waals surface area contributed by atoms with Crippen LogP contribution < -0.4 is 10.6 Å². The van der Waals surface area contributed by atoms with Crippen LogP contribution in [-0.4, -0.2) is 53.0 Å². The minimum atomic E-state index is -0.377. The van der Waals surface area contributed by atoms with Crippen LogP contribution in [0.5, 0.6) is 0 Å². The van der Waals surface area contributed by atoms with Crippen molar-refractivity contribution in [3.8, 4) is 0 Å². The van der Waals surface area contributed by atoms with Crippen LogP contribution in [0.1, 0.15) is 45.4 Å². The lowest BCUT2D eigenvalue weighted by atomic mass is 9.87. The molecule has 3 rings (SSSR count). The summed E-state index contributed by atoms with van der Waals surface area (Å²) in [5.74, 6) is 1.19. The Bertz CT molecular complexity index is 432. The Hall–Kier alpha value is -0.910. The lowest BCUT2D eigenvalue weighted by molar-refractivity contribution is -0.125. The van der Waals surface area contributed by atoms with Crippen molar-refractivity contribution in [2.24, 2.45) is 5.92 Å². The molecule has 1 saturated carbocycles. The predicted molar refractivity (Wildman–Crippen MR) is 89.0 cm³/mol. The van der Waals surface area contributed by atoms with E-state index in [0.29, 0.717) is 0 Å². The van der Waals surface area contributed by atoms with Crippen molar-refractivity contribution in [2.75, 3.05) is 25.4 Å². The number of piperidine rings is 1. The third-order valence-electron chi connectivity index (χ3n) is 5.33. The SMILES string of the molecule is C[C@H]1CCNC(=O)[C@@H]1NC(=O)N1CCSC2(CCCCC2)C1. The number of hydrogen-bond acceptors (Lipinski definition) is 3. The quantitative estimate of drug-likeness (QED) is 0.775. The van der Waals surface area contributed by atoms with Gasteiger partial charge in [0.15, 0.2) is 0 Å². The summed E-state index contributed by atoms with van der Waals surface area (Å²) in [6, 6.07) is -0.433. The fraction of sp³-hybridized carbons (Fsp3) is 0.875. The van der Waals surface area contributed by atoms with Gasteiger partial charge in [-0.1, -0.05) is 26.2 Å². The maximum absolute atomic E-state index is 12.6. The van der Waals surface area contributed by atoms with Gasteiger partial charge in [-0.3, -0.25) is 4.79 Å². The molecular weight excluding hydrogens is 298 g/mol. The molecule has 3 amide bonds. The van der Waals surface area contributed by atoms with Gasteiger partial charge >= 0.3 is 6.03 Å². The van der Waals surface area contributed by atoms with E-state index in [2.05, 4.69) is 22.4 Å². The number of amides is 3. The third-order valence-corrected chi connectivity index (χ3v) is 6.87. The highest BCUT2D eigenvalue weighted by Crippen LogP contribution is 2.42. The van der Waals surface area contributed by atoms with Crippen LogP contribution in [0.3, 0.4) is 0 Å². The number of carbonyl (C=O) groups is 2. The molecular formula is C16H27N3O2S. The first-order valence-electron chi connectivity index (χ1n) is 8.57. The number of hydrogen-bond donors (Lipinski definition) is 2. The summed E-state index contributed by atoms with van der Waals surface area (Å²) in [6.07, 6.45) is 7.27. The zero-order chi connectivity index (χ0) is 15.6. The van der Waals surface area contributed by atoms with Crippen molar-refractivity contribution in [1.29, 1.82) is 0 Å². The first-order chi connectivity index (χ1) is 10.6. The molecule has 1 aliphatic carbocycles. The van der Waals surface area contributed by atoms with Gasteiger partial charge in [0.1, 0.15) is 6.04 Å². The number of thioether (sulfide) groups is 1. The van der Waals surface area contributed by atoms with Crippen LogP contribution in [0.25, 0.3) is 0 Å². The van der Waals surface area contributed by atoms with Crippen molar-refractivity contribution in [3.05, 3.63) is 0 Å². The molecule has 5 nitrogen and oxygen atoms in total. The molecule has 2 aliphatic heterocycles. The summed E-state index contributed by atoms with van der Waals surface area (Å²) in [5.41, 5.74) is 0. The highest BCUT2D eigenvalue weighted by Gasteiger charge is 2.40. The average Bonchev–Trinajstić information content (AvgIpc) is 2.52. The van der Waals surface area contributed by atoms with Crippen molar-refractivity contribution in [2.45, 2.75) is 56.2 Å². The number of rotatable bonds is 1. The molecule has 22 heavy (non-hydrogen) atoms. The number of carbonyl (C=O) groups excluding carboxylic acids is 2. The second kappa shape index (κ2) is 6.69. The maximum atomic E-state index is 12.6. The molecule has 2 saturated heterocycles. The maximum Gasteiger partial charge on any atom is 0.318 e. The second-order valence-corrected chi connectivity index (χ2v) is 8.56. The summed E-state index contributed by atoms with van der Waals surface area (Å²) < 4.78 is 0.272. The Morgan fingerprint density at radius 1 is 1.36 bits per heavy atom. The lowest BCUT2D eigenvalue weighted by Crippen LogP contribution is -2.59. The molecule has 2 N–H and O–H groups in total. The van der Waals surface area contributed by atoms with Crippen LogP contribution in [-0.2, 0) is 4.79 Å². The van der Waals surface area contributed by atoms with E-state index in [9.17, 15) is 9.59 Å². The highest BCUT2D eigenvalue weighted by molar-refractivity contribution is 8.00. The van der Waals surface area contributed by atoms with Gasteiger partial charge in [0.05, 0.1) is 0 Å². The van der Waals surface area contributed by atoms with Crippen molar-refractivity contribution < 1.29 is 9.59 Å². The topological polar surface area (TPSA) is 61.4 Å². The Kier molecular flexibility index (Phi) is 4.85. The molecule has 0 aromatic carbocycles. The molecule has 124 valence electrons. The number of nitrogens with one attached hydrogen (secondary N) is 2. The molecule has 2 atom stereocenters. The van der Waals surface area contributed by atoms with E-state index in [1.807, 2.05) is 11.8 Å². The Morgan fingerprint density at radius 3 is 2.86 bits per heavy atom. The first-order valence-corrected chi connectivity index (χ1v) is 9.55. The second-order valence-electron chi connectivity index (χ2n) is 7.00. The third kappa shape index (κ3) is 3.36. The highest BCUT2D eigenvalue weighted by atomic mass is 32.2. The minimum absolute atomic E-state index is 0.0362. The Balaban J connectivity index is 1.60. The predicted octanol–water partition coefficient (Wildman–Crippen LogP) is 1.97. The minimum Gasteiger partial charge on any atom is -0.354 e. The van der Waals surface area contributed by atoms with E-state index < -0.39 is 0 Å². The summed E-state index contributed by atoms with van der Waals surface area (Å²) >= 11 is 2.05. The van der Waals surface area contributed by atoms with E-state index in [-0.39, 0.29) is 28.6 Å². The number of nitrogens with zero attached hydrogens (tertiary/aromatic N) is 1. The van der Waals surface area contributed by atoms with E-state index in [4.69, 9.17) is 0 Å². The Morgan fingerprint density at radius 2 is 2.14 bits per heavy atom. The molecule has 1 spiro atoms. The van der Waals surface area contributed by atoms with Gasteiger partial charge in [-0.05, 0) is 25.2 Å². The van der Waals surface area contributed by atoms with E-state index in [0.717, 1.165) is 31.8 Å². The summed E-state index contributed by atoms with van der Waals surface area (Å²) in [4.78, 5) is 26.5. The van der Waals surface area contributed by atoms with Gasteiger partial charge in [0.25, 0.3) is 0 Å². The monoisotopic (exact) mass is 325 g/mol. The average molecular weight is 325 g/mol. The van der Waals surface area contributed by atoms with E-state index in [1.165, 1.54) is 32.1 Å². The van der Waals surface area contributed by atoms with Crippen molar-refractivity contribution in [3.63, 3.8) is 0 Å². The number of urea groups is 1. The summed E-state index contributed by atoms with van der Waals surface area (Å²) in [6.45, 7) is 4.39. The summed E-state index contributed by atoms with van der Waals surface area (Å²) in [7, 11) is 0. The van der Waals surface area contributed by atoms with Crippen LogP contribution in [0, 0.1) is 5.92 Å². The van der Waals surface area contributed by atoms with Crippen LogP contribution in [0.2, 0.25) is 0 Å². The molecule has 6 heteroatoms. The van der Waals surface area contributed by atoms with Gasteiger partial charge in [0.2, 0.25) is 5.91 Å². The smallest absolute Gasteiger partial charge is 0.318 e. The fourth-order valence-corrected chi connectivity index (χ4v) is 5.48. The van der Waals surface area contributed by atoms with Gasteiger partial charge < -0.3 is 15.5 Å². The lowest BCUT2D eigenvalue weighted by Gasteiger charge is -2.45. The molecule has 0 aromatic rings. The van der Waals surface area contributed by atoms with E-state index >= 15 is 0 Å². The zero-order valence-corrected chi connectivity index (χ0v) is 14.2. The standard InChI is InChI=1S/C16H27N3O2S/c1-12-5-8-17-14(20)13(12)18-15(21)19-9-10-22-16(11-19)6-3-2-4-7-16/h12-13H,2-11H2,1H3,(H,17,20)(H,18,21)/t12-,13+/m0/s1. The molecule has 3 aliphatic rings. The molecule has 0 aromatic heterocycles. The molecule has 0 radical (unpaired) electrons. The van der Waals surface area contributed by atoms with Gasteiger partial charge in [0, 0.05) is 30.1 Å². The van der Waals surface area contributed by atoms with Crippen molar-refractivity contribution >= 4 is 23.7 Å². The van der Waals surface area contributed by atoms with Gasteiger partial charge in [-0.2, -0.15) is 11.8 Å². The normalized spacial score (nSPS) is 31.7. The van der Waals surface area contributed by atoms with Crippen LogP contribution in [0.15, 0.2) is 0 Å². The zero-order valence-electron chi connectivity index (χ0n) is 13.4. The van der Waals surface area contributed by atoms with Gasteiger partial charge in [-0.25, -0.2) is 4.79 Å². The molecule has 3 fully saturated rings. The molecule has 0 bridgehead atoms. The van der Waals surface area contributed by atoms with E-state index in [1.54, 1.807) is 0 Å². The van der Waals surface area contributed by atoms with Crippen LogP contribution in [0.4, 0.5) is 4.79 Å². The summed E-state index contributed by atoms with van der Waals surface area (Å²) in [5, 5.41) is 5.83. The Labute approximate surface area is 137 Å². The van der Waals surface area contributed by atoms with Crippen molar-refractivity contribution in [1.82, 2.24) is 15.5 Å². The first kappa shape index (κ1) is 16.0. The molecule has 2 heterocycles.